The molecule has 27 heavy (non-hydrogen) atoms. The molecule has 0 aliphatic carbocycles. The molecule has 0 aliphatic heterocycles. The van der Waals surface area contributed by atoms with Crippen LogP contribution in [-0.2, 0) is 20.0 Å². The highest BCUT2D eigenvalue weighted by atomic mass is 35.5. The molecule has 2 aromatic carbocycles. The van der Waals surface area contributed by atoms with Crippen LogP contribution in [0.15, 0.2) is 46.2 Å². The fourth-order valence-corrected chi connectivity index (χ4v) is 5.81. The van der Waals surface area contributed by atoms with Gasteiger partial charge in [0.15, 0.2) is 0 Å². The van der Waals surface area contributed by atoms with Crippen molar-refractivity contribution in [2.24, 2.45) is 0 Å². The molecule has 2 aromatic rings. The Morgan fingerprint density at radius 2 is 1.63 bits per heavy atom. The van der Waals surface area contributed by atoms with E-state index >= 15 is 0 Å². The van der Waals surface area contributed by atoms with E-state index in [1.807, 2.05) is 0 Å². The average Bonchev–Trinajstić information content (AvgIpc) is 2.59. The lowest BCUT2D eigenvalue weighted by Gasteiger charge is -2.20. The Morgan fingerprint density at radius 3 is 2.22 bits per heavy atom. The van der Waals surface area contributed by atoms with Crippen molar-refractivity contribution >= 4 is 37.3 Å². The molecule has 0 radical (unpaired) electrons. The van der Waals surface area contributed by atoms with Gasteiger partial charge in [0.05, 0.1) is 15.6 Å². The van der Waals surface area contributed by atoms with E-state index in [2.05, 4.69) is 4.72 Å². The molecule has 10 heteroatoms. The van der Waals surface area contributed by atoms with Crippen molar-refractivity contribution in [3.8, 4) is 0 Å². The Hall–Kier alpha value is -1.68. The molecule has 6 nitrogen and oxygen atoms in total. The van der Waals surface area contributed by atoms with Gasteiger partial charge in [-0.3, -0.25) is 4.72 Å². The Morgan fingerprint density at radius 1 is 1.00 bits per heavy atom. The second kappa shape index (κ2) is 8.14. The van der Waals surface area contributed by atoms with Crippen LogP contribution in [0, 0.1) is 12.7 Å². The Bertz CT molecular complexity index is 1050. The summed E-state index contributed by atoms with van der Waals surface area (Å²) in [5.41, 5.74) is 0.514. The van der Waals surface area contributed by atoms with Crippen molar-refractivity contribution in [2.75, 3.05) is 17.8 Å². The highest BCUT2D eigenvalue weighted by Crippen LogP contribution is 2.27. The first-order valence-corrected chi connectivity index (χ1v) is 11.4. The van der Waals surface area contributed by atoms with Gasteiger partial charge in [0.1, 0.15) is 10.7 Å². The van der Waals surface area contributed by atoms with E-state index in [9.17, 15) is 21.2 Å². The first-order chi connectivity index (χ1) is 12.5. The zero-order valence-electron chi connectivity index (χ0n) is 15.0. The molecule has 0 spiro atoms. The molecule has 0 heterocycles. The highest BCUT2D eigenvalue weighted by molar-refractivity contribution is 7.92. The molecule has 0 unspecified atom stereocenters. The van der Waals surface area contributed by atoms with Crippen molar-refractivity contribution in [2.45, 2.75) is 30.6 Å². The first-order valence-electron chi connectivity index (χ1n) is 8.11. The molecular formula is C17H20ClFN2O4S2. The van der Waals surface area contributed by atoms with Crippen LogP contribution >= 0.6 is 11.6 Å². The molecule has 2 rings (SSSR count). The third-order valence-electron chi connectivity index (χ3n) is 3.95. The minimum atomic E-state index is -4.20. The number of sulfonamides is 2. The van der Waals surface area contributed by atoms with E-state index < -0.39 is 30.8 Å². The van der Waals surface area contributed by atoms with Crippen LogP contribution in [0.1, 0.15) is 19.4 Å². The number of anilines is 1. The zero-order chi connectivity index (χ0) is 20.4. The van der Waals surface area contributed by atoms with E-state index in [0.29, 0.717) is 5.56 Å². The lowest BCUT2D eigenvalue weighted by atomic mass is 10.2. The molecule has 148 valence electrons. The molecular weight excluding hydrogens is 415 g/mol. The van der Waals surface area contributed by atoms with Crippen molar-refractivity contribution in [3.63, 3.8) is 0 Å². The third kappa shape index (κ3) is 4.60. The van der Waals surface area contributed by atoms with Gasteiger partial charge in [-0.05, 0) is 42.8 Å². The molecule has 0 saturated carbocycles. The van der Waals surface area contributed by atoms with Gasteiger partial charge in [0.2, 0.25) is 10.0 Å². The Labute approximate surface area is 164 Å². The van der Waals surface area contributed by atoms with E-state index in [1.165, 1.54) is 22.5 Å². The predicted octanol–water partition coefficient (Wildman–Crippen LogP) is 3.62. The number of hydrogen-bond acceptors (Lipinski definition) is 4. The second-order valence-electron chi connectivity index (χ2n) is 5.75. The number of benzene rings is 2. The van der Waals surface area contributed by atoms with Gasteiger partial charge in [-0.1, -0.05) is 31.5 Å². The summed E-state index contributed by atoms with van der Waals surface area (Å²) < 4.78 is 67.6. The number of rotatable bonds is 7. The maximum atomic E-state index is 13.4. The monoisotopic (exact) mass is 434 g/mol. The molecule has 0 amide bonds. The first kappa shape index (κ1) is 21.6. The van der Waals surface area contributed by atoms with Crippen LogP contribution in [-0.4, -0.2) is 34.2 Å². The van der Waals surface area contributed by atoms with Crippen molar-refractivity contribution in [1.82, 2.24) is 4.31 Å². The molecule has 0 aromatic heterocycles. The predicted molar refractivity (Wildman–Crippen MR) is 104 cm³/mol. The molecule has 0 saturated heterocycles. The van der Waals surface area contributed by atoms with Crippen LogP contribution in [0.3, 0.4) is 0 Å². The number of aryl methyl sites for hydroxylation is 1. The molecule has 1 N–H and O–H groups in total. The summed E-state index contributed by atoms with van der Waals surface area (Å²) in [6, 6.07) is 7.15. The Kier molecular flexibility index (Phi) is 6.51. The summed E-state index contributed by atoms with van der Waals surface area (Å²) in [5, 5.41) is -0.146. The minimum absolute atomic E-state index is 0.00302. The summed E-state index contributed by atoms with van der Waals surface area (Å²) in [5.74, 6) is -0.756. The lowest BCUT2D eigenvalue weighted by molar-refractivity contribution is 0.445. The second-order valence-corrected chi connectivity index (χ2v) is 9.71. The summed E-state index contributed by atoms with van der Waals surface area (Å²) in [6.45, 7) is 5.63. The lowest BCUT2D eigenvalue weighted by Crippen LogP contribution is -2.31. The summed E-state index contributed by atoms with van der Waals surface area (Å²) in [7, 11) is -7.98. The summed E-state index contributed by atoms with van der Waals surface area (Å²) in [6.07, 6.45) is 0. The quantitative estimate of drug-likeness (QED) is 0.721. The largest absolute Gasteiger partial charge is 0.280 e. The SMILES string of the molecule is CCN(CC)S(=O)(=O)c1cc(NS(=O)(=O)c2cc(F)ccc2Cl)ccc1C. The smallest absolute Gasteiger partial charge is 0.263 e. The van der Waals surface area contributed by atoms with Gasteiger partial charge < -0.3 is 0 Å². The zero-order valence-corrected chi connectivity index (χ0v) is 17.4. The van der Waals surface area contributed by atoms with Gasteiger partial charge in [0, 0.05) is 13.1 Å². The van der Waals surface area contributed by atoms with Gasteiger partial charge in [-0.2, -0.15) is 4.31 Å². The standard InChI is InChI=1S/C17H20ClFN2O4S2/c1-4-21(5-2)27(24,25)16-11-14(8-6-12(16)3)20-26(22,23)17-10-13(19)7-9-15(17)18/h6-11,20H,4-5H2,1-3H3. The normalized spacial score (nSPS) is 12.4. The van der Waals surface area contributed by atoms with E-state index in [1.54, 1.807) is 20.8 Å². The fraction of sp³-hybridized carbons (Fsp3) is 0.294. The third-order valence-corrected chi connectivity index (χ3v) is 8.00. The molecule has 0 atom stereocenters. The maximum Gasteiger partial charge on any atom is 0.263 e. The number of hydrogen-bond donors (Lipinski definition) is 1. The van der Waals surface area contributed by atoms with Crippen molar-refractivity contribution in [1.29, 1.82) is 0 Å². The van der Waals surface area contributed by atoms with Crippen molar-refractivity contribution < 1.29 is 21.2 Å². The van der Waals surface area contributed by atoms with Crippen LogP contribution in [0.25, 0.3) is 0 Å². The van der Waals surface area contributed by atoms with Crippen LogP contribution in [0.2, 0.25) is 5.02 Å². The highest BCUT2D eigenvalue weighted by Gasteiger charge is 2.25. The molecule has 0 fully saturated rings. The van der Waals surface area contributed by atoms with Gasteiger partial charge in [-0.25, -0.2) is 21.2 Å². The minimum Gasteiger partial charge on any atom is -0.280 e. The Balaban J connectivity index is 2.49. The van der Waals surface area contributed by atoms with Gasteiger partial charge in [0.25, 0.3) is 10.0 Å². The number of halogens is 2. The van der Waals surface area contributed by atoms with Gasteiger partial charge in [-0.15, -0.1) is 0 Å². The maximum absolute atomic E-state index is 13.4. The van der Waals surface area contributed by atoms with Crippen LogP contribution in [0.5, 0.6) is 0 Å². The molecule has 0 aliphatic rings. The molecule has 0 bridgehead atoms. The number of nitrogens with zero attached hydrogens (tertiary/aromatic N) is 1. The van der Waals surface area contributed by atoms with E-state index in [4.69, 9.17) is 11.6 Å². The van der Waals surface area contributed by atoms with Crippen molar-refractivity contribution in [3.05, 3.63) is 52.8 Å². The summed E-state index contributed by atoms with van der Waals surface area (Å²) >= 11 is 5.87. The average molecular weight is 435 g/mol. The topological polar surface area (TPSA) is 83.6 Å². The van der Waals surface area contributed by atoms with E-state index in [0.717, 1.165) is 18.2 Å². The number of nitrogens with one attached hydrogen (secondary N) is 1. The summed E-state index contributed by atoms with van der Waals surface area (Å²) in [4.78, 5) is -0.436. The van der Waals surface area contributed by atoms with Crippen LogP contribution in [0.4, 0.5) is 10.1 Å². The van der Waals surface area contributed by atoms with Gasteiger partial charge >= 0.3 is 0 Å². The fourth-order valence-electron chi connectivity index (χ4n) is 2.54. The van der Waals surface area contributed by atoms with Crippen LogP contribution < -0.4 is 4.72 Å². The van der Waals surface area contributed by atoms with E-state index in [-0.39, 0.29) is 28.7 Å².